The lowest BCUT2D eigenvalue weighted by Gasteiger charge is -2.39. The predicted octanol–water partition coefficient (Wildman–Crippen LogP) is 4.21. The Morgan fingerprint density at radius 3 is 2.37 bits per heavy atom. The van der Waals surface area contributed by atoms with Crippen LogP contribution >= 0.6 is 0 Å². The fourth-order valence-electron chi connectivity index (χ4n) is 4.68. The molecule has 1 aromatic carbocycles. The Morgan fingerprint density at radius 2 is 1.77 bits per heavy atom. The van der Waals surface area contributed by atoms with Gasteiger partial charge in [-0.2, -0.15) is 0 Å². The topological polar surface area (TPSA) is 74.4 Å². The van der Waals surface area contributed by atoms with E-state index in [2.05, 4.69) is 27.2 Å². The number of morpholine rings is 1. The Balaban J connectivity index is 1.54. The van der Waals surface area contributed by atoms with Gasteiger partial charge >= 0.3 is 6.09 Å². The molecule has 2 fully saturated rings. The maximum atomic E-state index is 13.0. The molecule has 0 unspecified atom stereocenters. The van der Waals surface area contributed by atoms with Crippen LogP contribution in [0.5, 0.6) is 0 Å². The van der Waals surface area contributed by atoms with Gasteiger partial charge < -0.3 is 24.6 Å². The number of anilines is 2. The molecule has 2 amide bonds. The summed E-state index contributed by atoms with van der Waals surface area (Å²) < 4.78 is 11.1. The van der Waals surface area contributed by atoms with E-state index in [0.29, 0.717) is 12.5 Å². The van der Waals surface area contributed by atoms with Gasteiger partial charge in [-0.25, -0.2) is 4.79 Å². The molecule has 8 heteroatoms. The lowest BCUT2D eigenvalue weighted by atomic mass is 9.95. The Morgan fingerprint density at radius 1 is 1.11 bits per heavy atom. The lowest BCUT2D eigenvalue weighted by Crippen LogP contribution is -2.50. The molecule has 2 aliphatic rings. The molecule has 0 bridgehead atoms. The molecule has 2 saturated heterocycles. The number of carbonyl (C=O) groups excluding carboxylic acids is 2. The van der Waals surface area contributed by atoms with Crippen molar-refractivity contribution in [2.45, 2.75) is 72.1 Å². The van der Waals surface area contributed by atoms with Crippen molar-refractivity contribution in [2.75, 3.05) is 56.2 Å². The van der Waals surface area contributed by atoms with Crippen LogP contribution in [-0.4, -0.2) is 85.4 Å². The summed E-state index contributed by atoms with van der Waals surface area (Å²) in [5.41, 5.74) is 1.44. The number of hydrogen-bond acceptors (Lipinski definition) is 6. The van der Waals surface area contributed by atoms with Crippen molar-refractivity contribution in [2.24, 2.45) is 5.92 Å². The number of piperidine rings is 1. The molecule has 0 spiro atoms. The fourth-order valence-corrected chi connectivity index (χ4v) is 4.68. The van der Waals surface area contributed by atoms with Crippen LogP contribution in [-0.2, 0) is 14.3 Å². The van der Waals surface area contributed by atoms with Crippen LogP contribution in [0.4, 0.5) is 16.2 Å². The minimum Gasteiger partial charge on any atom is -0.444 e. The molecule has 0 radical (unpaired) electrons. The van der Waals surface area contributed by atoms with Gasteiger partial charge in [-0.1, -0.05) is 0 Å². The summed E-state index contributed by atoms with van der Waals surface area (Å²) in [5, 5.41) is 3.08. The van der Waals surface area contributed by atoms with E-state index in [9.17, 15) is 9.59 Å². The maximum absolute atomic E-state index is 13.0. The van der Waals surface area contributed by atoms with Crippen LogP contribution < -0.4 is 10.2 Å². The van der Waals surface area contributed by atoms with Crippen molar-refractivity contribution in [3.05, 3.63) is 24.3 Å². The summed E-state index contributed by atoms with van der Waals surface area (Å²) in [6.07, 6.45) is 1.78. The van der Waals surface area contributed by atoms with E-state index < -0.39 is 5.60 Å². The number of nitrogens with zero attached hydrogens (tertiary/aromatic N) is 3. The summed E-state index contributed by atoms with van der Waals surface area (Å²) in [6, 6.07) is 7.86. The average molecular weight is 489 g/mol. The smallest absolute Gasteiger partial charge is 0.410 e. The first-order valence-corrected chi connectivity index (χ1v) is 13.0. The van der Waals surface area contributed by atoms with Gasteiger partial charge in [0.2, 0.25) is 5.91 Å². The van der Waals surface area contributed by atoms with Crippen LogP contribution in [0.3, 0.4) is 0 Å². The lowest BCUT2D eigenvalue weighted by molar-refractivity contribution is -0.121. The summed E-state index contributed by atoms with van der Waals surface area (Å²) in [7, 11) is 0. The molecule has 196 valence electrons. The van der Waals surface area contributed by atoms with Crippen molar-refractivity contribution in [3.8, 4) is 0 Å². The van der Waals surface area contributed by atoms with Crippen LogP contribution in [0.15, 0.2) is 24.3 Å². The number of carbonyl (C=O) groups is 2. The van der Waals surface area contributed by atoms with Gasteiger partial charge in [-0.05, 0) is 91.1 Å². The van der Waals surface area contributed by atoms with Gasteiger partial charge in [-0.15, -0.1) is 0 Å². The summed E-state index contributed by atoms with van der Waals surface area (Å²) >= 11 is 0. The molecule has 0 saturated carbocycles. The third-order valence-corrected chi connectivity index (χ3v) is 6.69. The SMILES string of the molecule is CC(C)N(C[C@H]1CCCN([C@@H](C)C(=O)Nc2ccc(N3CCOCC3)cc2)C1)C(=O)OC(C)(C)C. The average Bonchev–Trinajstić information content (AvgIpc) is 2.82. The maximum Gasteiger partial charge on any atom is 0.410 e. The molecule has 2 aliphatic heterocycles. The monoisotopic (exact) mass is 488 g/mol. The fraction of sp³-hybridized carbons (Fsp3) is 0.704. The third kappa shape index (κ3) is 8.10. The van der Waals surface area contributed by atoms with E-state index in [1.807, 2.05) is 58.6 Å². The molecular formula is C27H44N4O4. The number of hydrogen-bond donors (Lipinski definition) is 1. The van der Waals surface area contributed by atoms with Gasteiger partial charge in [0.25, 0.3) is 0 Å². The van der Waals surface area contributed by atoms with Gasteiger partial charge in [0.15, 0.2) is 0 Å². The standard InChI is InChI=1S/C27H44N4O4/c1-20(2)31(26(33)35-27(4,5)6)19-22-8-7-13-30(18-22)21(3)25(32)28-23-9-11-24(12-10-23)29-14-16-34-17-15-29/h9-12,20-22H,7-8,13-19H2,1-6H3,(H,28,32)/t21-,22-/m0/s1. The van der Waals surface area contributed by atoms with E-state index in [4.69, 9.17) is 9.47 Å². The molecular weight excluding hydrogens is 444 g/mol. The number of benzene rings is 1. The predicted molar refractivity (Wildman–Crippen MR) is 140 cm³/mol. The van der Waals surface area contributed by atoms with E-state index in [-0.39, 0.29) is 24.1 Å². The number of rotatable bonds is 7. The zero-order valence-electron chi connectivity index (χ0n) is 22.4. The highest BCUT2D eigenvalue weighted by Gasteiger charge is 2.31. The largest absolute Gasteiger partial charge is 0.444 e. The molecule has 1 aromatic rings. The molecule has 2 atom stereocenters. The van der Waals surface area contributed by atoms with Crippen LogP contribution in [0.25, 0.3) is 0 Å². The Hall–Kier alpha value is -2.32. The molecule has 2 heterocycles. The van der Waals surface area contributed by atoms with Gasteiger partial charge in [0, 0.05) is 43.6 Å². The van der Waals surface area contributed by atoms with Crippen molar-refractivity contribution in [1.29, 1.82) is 0 Å². The highest BCUT2D eigenvalue weighted by molar-refractivity contribution is 5.94. The number of amides is 2. The third-order valence-electron chi connectivity index (χ3n) is 6.69. The van der Waals surface area contributed by atoms with Crippen molar-refractivity contribution in [1.82, 2.24) is 9.80 Å². The molecule has 0 aliphatic carbocycles. The molecule has 3 rings (SSSR count). The summed E-state index contributed by atoms with van der Waals surface area (Å²) in [6.45, 7) is 17.3. The van der Waals surface area contributed by atoms with Crippen molar-refractivity contribution in [3.63, 3.8) is 0 Å². The van der Waals surface area contributed by atoms with Gasteiger partial charge in [0.1, 0.15) is 5.60 Å². The minimum absolute atomic E-state index is 0.00219. The van der Waals surface area contributed by atoms with E-state index in [0.717, 1.165) is 63.6 Å². The Kier molecular flexibility index (Phi) is 9.41. The van der Waals surface area contributed by atoms with Gasteiger partial charge in [0.05, 0.1) is 19.3 Å². The summed E-state index contributed by atoms with van der Waals surface area (Å²) in [4.78, 5) is 32.1. The Bertz CT molecular complexity index is 831. The summed E-state index contributed by atoms with van der Waals surface area (Å²) in [5.74, 6) is 0.305. The van der Waals surface area contributed by atoms with Crippen molar-refractivity contribution < 1.29 is 19.1 Å². The minimum atomic E-state index is -0.518. The van der Waals surface area contributed by atoms with E-state index >= 15 is 0 Å². The second-order valence-corrected chi connectivity index (χ2v) is 11.0. The van der Waals surface area contributed by atoms with E-state index in [1.165, 1.54) is 0 Å². The van der Waals surface area contributed by atoms with Crippen LogP contribution in [0, 0.1) is 5.92 Å². The normalized spacial score (nSPS) is 20.4. The highest BCUT2D eigenvalue weighted by atomic mass is 16.6. The number of likely N-dealkylation sites (tertiary alicyclic amines) is 1. The molecule has 1 N–H and O–H groups in total. The Labute approximate surface area is 210 Å². The van der Waals surface area contributed by atoms with Gasteiger partial charge in [-0.3, -0.25) is 9.69 Å². The molecule has 8 nitrogen and oxygen atoms in total. The first-order valence-electron chi connectivity index (χ1n) is 13.0. The van der Waals surface area contributed by atoms with Crippen molar-refractivity contribution >= 4 is 23.4 Å². The van der Waals surface area contributed by atoms with Crippen LogP contribution in [0.1, 0.15) is 54.4 Å². The first-order chi connectivity index (χ1) is 16.5. The van der Waals surface area contributed by atoms with Crippen LogP contribution in [0.2, 0.25) is 0 Å². The van der Waals surface area contributed by atoms with E-state index in [1.54, 1.807) is 0 Å². The second-order valence-electron chi connectivity index (χ2n) is 11.0. The number of ether oxygens (including phenoxy) is 2. The molecule has 35 heavy (non-hydrogen) atoms. The quantitative estimate of drug-likeness (QED) is 0.620. The zero-order valence-corrected chi connectivity index (χ0v) is 22.4. The first kappa shape index (κ1) is 27.3. The second kappa shape index (κ2) is 12.1. The zero-order chi connectivity index (χ0) is 25.6. The molecule has 0 aromatic heterocycles. The number of nitrogens with one attached hydrogen (secondary N) is 1. The highest BCUT2D eigenvalue weighted by Crippen LogP contribution is 2.23.